The van der Waals surface area contributed by atoms with Gasteiger partial charge in [-0.25, -0.2) is 0 Å². The van der Waals surface area contributed by atoms with Crippen molar-refractivity contribution in [1.82, 2.24) is 35.0 Å². The zero-order chi connectivity index (χ0) is 69.4. The minimum absolute atomic E-state index is 0.00338. The molecule has 25 rings (SSSR count). The second-order valence-corrected chi connectivity index (χ2v) is 36.5. The molecule has 100 heavy (non-hydrogen) atoms. The molecule has 4 bridgehead atoms. The van der Waals surface area contributed by atoms with Crippen LogP contribution in [0.2, 0.25) is 0 Å². The topological polar surface area (TPSA) is 239 Å². The lowest BCUT2D eigenvalue weighted by Crippen LogP contribution is -2.95. The molecule has 18 heterocycles. The molecule has 6 amide bonds. The van der Waals surface area contributed by atoms with E-state index in [1.54, 1.807) is 0 Å². The van der Waals surface area contributed by atoms with E-state index < -0.39 is 101 Å². The van der Waals surface area contributed by atoms with Gasteiger partial charge in [0, 0.05) is 74.7 Å². The van der Waals surface area contributed by atoms with Gasteiger partial charge in [-0.3, -0.25) is 39.2 Å². The highest BCUT2D eigenvalue weighted by molar-refractivity contribution is 6.30. The maximum absolute atomic E-state index is 16.9. The van der Waals surface area contributed by atoms with Crippen LogP contribution in [-0.2, 0) is 39.6 Å². The predicted octanol–water partition coefficient (Wildman–Crippen LogP) is 8.71. The lowest BCUT2D eigenvalue weighted by molar-refractivity contribution is -0.714. The van der Waals surface area contributed by atoms with Crippen molar-refractivity contribution in [3.8, 4) is 17.2 Å². The fourth-order valence-corrected chi connectivity index (χ4v) is 27.0. The van der Waals surface area contributed by atoms with E-state index >= 15 is 19.2 Å². The van der Waals surface area contributed by atoms with E-state index in [9.17, 15) is 25.2 Å². The first-order valence-electron chi connectivity index (χ1n) is 36.4. The molecular weight excluding hydrogens is 1270 g/mol. The molecule has 21 aliphatic rings. The fraction of sp³-hybridized carbons (Fsp3) is 0.544. The number of nitrogens with zero attached hydrogens (tertiary/aromatic N) is 7. The Morgan fingerprint density at radius 3 is 1.84 bits per heavy atom. The summed E-state index contributed by atoms with van der Waals surface area (Å²) in [6.07, 6.45) is 19.3. The summed E-state index contributed by atoms with van der Waals surface area (Å²) in [5.41, 5.74) is -4.47. The van der Waals surface area contributed by atoms with Crippen molar-refractivity contribution in [2.45, 2.75) is 214 Å². The van der Waals surface area contributed by atoms with Gasteiger partial charge in [-0.05, 0) is 212 Å². The number of amides is 6. The van der Waals surface area contributed by atoms with Gasteiger partial charge in [0.15, 0.2) is 0 Å². The average molecular weight is 1350 g/mol. The van der Waals surface area contributed by atoms with Gasteiger partial charge >= 0.3 is 0 Å². The van der Waals surface area contributed by atoms with Gasteiger partial charge in [0.2, 0.25) is 41.0 Å². The molecular formula is C79H83N9O12+2. The third-order valence-corrected chi connectivity index (χ3v) is 30.2. The highest BCUT2D eigenvalue weighted by Crippen LogP contribution is 2.87. The first-order valence-corrected chi connectivity index (χ1v) is 36.4. The number of hydrogen-bond donors (Lipinski definition) is 5. The Morgan fingerprint density at radius 2 is 1.15 bits per heavy atom. The van der Waals surface area contributed by atoms with Crippen molar-refractivity contribution >= 4 is 92.9 Å². The number of aromatic nitrogens is 1. The molecule has 5 N–H and O–H groups in total. The number of rotatable bonds is 0. The summed E-state index contributed by atoms with van der Waals surface area (Å²) in [5.74, 6) is -0.559. The van der Waals surface area contributed by atoms with Crippen LogP contribution in [0, 0.1) is 34.0 Å². The number of allylic oxidation sites excluding steroid dienone is 1. The number of hydrogen-bond acceptors (Lipinski definition) is 12. The Morgan fingerprint density at radius 1 is 0.560 bits per heavy atom. The van der Waals surface area contributed by atoms with Crippen LogP contribution in [0.3, 0.4) is 0 Å². The van der Waals surface area contributed by atoms with Crippen LogP contribution in [0.5, 0.6) is 17.2 Å². The highest BCUT2D eigenvalue weighted by Gasteiger charge is 3.03. The molecule has 13 atom stereocenters. The van der Waals surface area contributed by atoms with Crippen molar-refractivity contribution < 1.29 is 68.1 Å². The molecule has 0 radical (unpaired) electrons. The maximum atomic E-state index is 16.9. The minimum atomic E-state index is -1.57. The molecule has 1 aromatic heterocycles. The highest BCUT2D eigenvalue weighted by atomic mass is 16.5. The second kappa shape index (κ2) is 16.2. The molecule has 3 aromatic carbocycles. The maximum Gasteiger partial charge on any atom is 0.276 e. The van der Waals surface area contributed by atoms with Gasteiger partial charge in [0.1, 0.15) is 72.6 Å². The van der Waals surface area contributed by atoms with E-state index in [2.05, 4.69) is 52.2 Å². The summed E-state index contributed by atoms with van der Waals surface area (Å²) in [4.78, 5) is 99.3. The largest absolute Gasteiger partial charge is 0.483 e. The Bertz CT molecular complexity index is 5110. The molecule has 14 fully saturated rings. The van der Waals surface area contributed by atoms with Crippen LogP contribution in [0.25, 0.3) is 34.7 Å². The van der Waals surface area contributed by atoms with Gasteiger partial charge in [-0.15, -0.1) is 0 Å². The van der Waals surface area contributed by atoms with Crippen molar-refractivity contribution in [3.05, 3.63) is 99.8 Å². The number of fused-ring (bicyclic) bond motifs is 15. The Hall–Kier alpha value is -8.88. The van der Waals surface area contributed by atoms with Crippen molar-refractivity contribution in [3.63, 3.8) is 0 Å². The molecule has 8 unspecified atom stereocenters. The smallest absolute Gasteiger partial charge is 0.276 e. The number of carbonyl (C=O) groups is 6. The molecule has 4 aliphatic carbocycles. The van der Waals surface area contributed by atoms with Crippen LogP contribution in [0.4, 0.5) is 11.4 Å². The standard InChI is InChI=1S/C53H54N6O8.C26H27N3O4/c1-44(2)19-15-25-29(66-44)13-11-27-33-36-51-28-12-14-30-26(16-20-45(3,4)67-30)35(28)59(65)38(51)47(7,8)32-24-49-42(62)56-22-10-18-50(49,56)40(60)54-53(32,49)39(51)57-41(61)48-17-9-21-55(48)43(63)52(36,57)31(23-48)46(5,6)37(33)58(64)34(25)27;1-23(2)10-8-15-17(33-23)7-6-14-16-12-26-18(24(3,4)20(16)29(32)19(14)15)13-25(21(30)27-26)9-5-11-28(25)22(26)31/h11-16,19-20,31-32,36,39,64H,9-10,17-18,21-24H2,1-8H3,(H-,54,60,65);6-8,10,12,18H,5,9,11,13H2,1-4H3,(H-,27,30,32)/p+2/t31?,32-,36-,39?,48?,49+,50+,51?,52?,53?;18?,25?,26-/m11/s1. The summed E-state index contributed by atoms with van der Waals surface area (Å²) < 4.78 is 23.4. The van der Waals surface area contributed by atoms with Crippen molar-refractivity contribution in [2.75, 3.05) is 19.6 Å². The number of piperidine rings is 4. The predicted molar refractivity (Wildman–Crippen MR) is 363 cm³/mol. The quantitative estimate of drug-likeness (QED) is 0.0481. The van der Waals surface area contributed by atoms with Gasteiger partial charge in [-0.1, -0.05) is 13.8 Å². The summed E-state index contributed by atoms with van der Waals surface area (Å²) in [6, 6.07) is 10.9. The zero-order valence-electron chi connectivity index (χ0n) is 58.5. The third-order valence-electron chi connectivity index (χ3n) is 30.2. The Labute approximate surface area is 577 Å². The summed E-state index contributed by atoms with van der Waals surface area (Å²) >= 11 is 0. The number of carbonyl (C=O) groups excluding carboxylic acids is 6. The molecule has 21 nitrogen and oxygen atoms in total. The molecule has 2 saturated carbocycles. The summed E-state index contributed by atoms with van der Waals surface area (Å²) in [6.45, 7) is 26.2. The van der Waals surface area contributed by atoms with E-state index in [-0.39, 0.29) is 41.4 Å². The monoisotopic (exact) mass is 1350 g/mol. The van der Waals surface area contributed by atoms with E-state index in [0.717, 1.165) is 51.1 Å². The summed E-state index contributed by atoms with van der Waals surface area (Å²) in [7, 11) is 0. The first kappa shape index (κ1) is 58.9. The normalized spacial score (nSPS) is 40.4. The van der Waals surface area contributed by atoms with Crippen LogP contribution in [0.1, 0.15) is 186 Å². The fourth-order valence-electron chi connectivity index (χ4n) is 27.0. The molecule has 21 heteroatoms. The molecule has 8 spiro atoms. The minimum Gasteiger partial charge on any atom is -0.483 e. The number of nitrogens with one attached hydrogen (secondary N) is 2. The number of piperazine rings is 2. The number of β-lactam (4-membered cyclic amide) rings is 1. The van der Waals surface area contributed by atoms with E-state index in [1.807, 2.05) is 140 Å². The molecule has 4 aromatic rings. The molecule has 12 saturated heterocycles. The lowest BCUT2D eigenvalue weighted by Gasteiger charge is -2.77. The molecule has 17 aliphatic heterocycles. The van der Waals surface area contributed by atoms with Crippen LogP contribution in [-0.4, -0.2) is 172 Å². The van der Waals surface area contributed by atoms with Crippen molar-refractivity contribution in [2.24, 2.45) is 34.0 Å². The Balaban J connectivity index is 0.000000161. The number of benzene rings is 3. The van der Waals surface area contributed by atoms with E-state index in [0.29, 0.717) is 122 Å². The summed E-state index contributed by atoms with van der Waals surface area (Å²) in [5, 5.41) is 46.0. The van der Waals surface area contributed by atoms with Crippen LogP contribution >= 0.6 is 0 Å². The second-order valence-electron chi connectivity index (χ2n) is 36.5. The van der Waals surface area contributed by atoms with E-state index in [4.69, 9.17) is 14.2 Å². The van der Waals surface area contributed by atoms with E-state index in [1.165, 1.54) is 14.2 Å². The van der Waals surface area contributed by atoms with Gasteiger partial charge < -0.3 is 49.7 Å². The third kappa shape index (κ3) is 5.40. The van der Waals surface area contributed by atoms with Gasteiger partial charge in [0.05, 0.1) is 55.9 Å². The lowest BCUT2D eigenvalue weighted by atomic mass is 9.28. The SMILES string of the molecule is CC1(C)C=Cc2c(ccc3c2[N+](O)=C2C(C)(C)[C@H]4C[C@]56C(=O)N7CCC[C@@]75C(=O)NC46C4N5C(=O)C67CCCN6C(=O)C56C(C7)C(C)(C)c5c(c7ccc8c(c7n5O)C=CC(C)(C)O8)[C@@H]6C234)O1.CC1(C)C=Cc2c(ccc3c2[N+](O)=C2C3=C[C@]34NC(=O)C5(CCCN5C3=O)CC4C2(C)C)O1. The van der Waals surface area contributed by atoms with Crippen molar-refractivity contribution in [1.29, 1.82) is 0 Å². The first-order chi connectivity index (χ1) is 47.1. The Kier molecular flexibility index (Phi) is 9.54. The average Bonchev–Trinajstić information content (AvgIpc) is 1.39. The van der Waals surface area contributed by atoms with Crippen LogP contribution in [0.15, 0.2) is 60.7 Å². The van der Waals surface area contributed by atoms with Gasteiger partial charge in [0.25, 0.3) is 17.3 Å². The molecule has 514 valence electrons. The number of ether oxygens (including phenoxy) is 3. The van der Waals surface area contributed by atoms with Crippen LogP contribution < -0.4 is 24.8 Å². The van der Waals surface area contributed by atoms with Gasteiger partial charge in [-0.2, -0.15) is 4.73 Å². The zero-order valence-corrected chi connectivity index (χ0v) is 58.5.